The maximum atomic E-state index is 13.8. The van der Waals surface area contributed by atoms with Crippen molar-refractivity contribution in [1.82, 2.24) is 4.98 Å². The molecule has 0 radical (unpaired) electrons. The summed E-state index contributed by atoms with van der Waals surface area (Å²) in [6.07, 6.45) is 0.550. The normalized spacial score (nSPS) is 15.9. The van der Waals surface area contributed by atoms with Crippen molar-refractivity contribution in [2.24, 2.45) is 0 Å². The van der Waals surface area contributed by atoms with E-state index in [0.717, 1.165) is 34.6 Å². The minimum absolute atomic E-state index is 0.00634. The van der Waals surface area contributed by atoms with E-state index in [1.807, 2.05) is 49.4 Å². The number of hydrogen-bond acceptors (Lipinski definition) is 5. The zero-order chi connectivity index (χ0) is 24.7. The third-order valence-corrected chi connectivity index (χ3v) is 6.99. The number of hydrogen-bond donors (Lipinski definition) is 1. The van der Waals surface area contributed by atoms with Gasteiger partial charge in [0.15, 0.2) is 28.3 Å². The number of Topliss-reactive ketones (excluding diaryl/α,β-unsaturated/α-hetero) is 1. The van der Waals surface area contributed by atoms with Crippen molar-refractivity contribution in [2.75, 3.05) is 4.90 Å². The maximum Gasteiger partial charge on any atom is 0.296 e. The molecule has 0 bridgehead atoms. The van der Waals surface area contributed by atoms with Gasteiger partial charge in [-0.2, -0.15) is 0 Å². The van der Waals surface area contributed by atoms with Gasteiger partial charge in [-0.15, -0.1) is 0 Å². The number of ketones is 1. The largest absolute Gasteiger partial charge is 0.503 e. The molecule has 5 nitrogen and oxygen atoms in total. The van der Waals surface area contributed by atoms with Gasteiger partial charge in [-0.05, 0) is 30.5 Å². The molecule has 1 aliphatic heterocycles. The van der Waals surface area contributed by atoms with E-state index in [9.17, 15) is 23.5 Å². The van der Waals surface area contributed by atoms with Gasteiger partial charge in [-0.1, -0.05) is 71.5 Å². The van der Waals surface area contributed by atoms with E-state index in [2.05, 4.69) is 4.98 Å². The van der Waals surface area contributed by atoms with E-state index in [-0.39, 0.29) is 28.4 Å². The summed E-state index contributed by atoms with van der Waals surface area (Å²) in [7, 11) is 0. The lowest BCUT2D eigenvalue weighted by Gasteiger charge is -2.24. The molecule has 0 aliphatic carbocycles. The first-order valence-electron chi connectivity index (χ1n) is 11.0. The zero-order valence-electron chi connectivity index (χ0n) is 18.7. The Kier molecular flexibility index (Phi) is 5.90. The molecule has 0 spiro atoms. The first-order valence-corrected chi connectivity index (χ1v) is 11.8. The molecule has 1 atom stereocenters. The smallest absolute Gasteiger partial charge is 0.296 e. The fourth-order valence-electron chi connectivity index (χ4n) is 4.29. The zero-order valence-corrected chi connectivity index (χ0v) is 19.5. The molecule has 0 fully saturated rings. The summed E-state index contributed by atoms with van der Waals surface area (Å²) in [4.78, 5) is 32.2. The lowest BCUT2D eigenvalue weighted by Crippen LogP contribution is -2.31. The van der Waals surface area contributed by atoms with Crippen LogP contribution in [-0.4, -0.2) is 21.8 Å². The van der Waals surface area contributed by atoms with E-state index in [4.69, 9.17) is 0 Å². The highest BCUT2D eigenvalue weighted by molar-refractivity contribution is 7.22. The summed E-state index contributed by atoms with van der Waals surface area (Å²) >= 11 is 0.988. The summed E-state index contributed by atoms with van der Waals surface area (Å²) in [5.74, 6) is -3.83. The molecule has 0 saturated heterocycles. The molecule has 4 aromatic rings. The minimum atomic E-state index is -1.05. The summed E-state index contributed by atoms with van der Waals surface area (Å²) in [5, 5.41) is 11.0. The topological polar surface area (TPSA) is 70.5 Å². The van der Waals surface area contributed by atoms with Crippen LogP contribution in [0, 0.1) is 18.6 Å². The second kappa shape index (κ2) is 9.03. The van der Waals surface area contributed by atoms with E-state index >= 15 is 0 Å². The summed E-state index contributed by atoms with van der Waals surface area (Å²) < 4.78 is 27.9. The molecule has 2 heterocycles. The Labute approximate surface area is 204 Å². The van der Waals surface area contributed by atoms with Crippen molar-refractivity contribution in [3.63, 3.8) is 0 Å². The van der Waals surface area contributed by atoms with Crippen LogP contribution in [-0.2, 0) is 16.0 Å². The number of thiazole rings is 1. The summed E-state index contributed by atoms with van der Waals surface area (Å²) in [5.41, 5.74) is 2.67. The third-order valence-electron chi connectivity index (χ3n) is 5.98. The summed E-state index contributed by atoms with van der Waals surface area (Å²) in [6, 6.07) is 17.8. The highest BCUT2D eigenvalue weighted by Gasteiger charge is 2.45. The highest BCUT2D eigenvalue weighted by Crippen LogP contribution is 2.44. The van der Waals surface area contributed by atoms with E-state index in [0.29, 0.717) is 16.7 Å². The fraction of sp³-hybridized carbons (Fsp3) is 0.148. The van der Waals surface area contributed by atoms with E-state index in [1.165, 1.54) is 4.90 Å². The molecular weight excluding hydrogens is 470 g/mol. The SMILES string of the molecule is Cc1cccc(C2C(C(=O)CCc3ccccc3)=C(O)C(=O)N2c2nc3cc(F)c(F)cc3s2)c1. The van der Waals surface area contributed by atoms with Crippen LogP contribution < -0.4 is 4.90 Å². The van der Waals surface area contributed by atoms with Gasteiger partial charge in [0.1, 0.15) is 0 Å². The van der Waals surface area contributed by atoms with Gasteiger partial charge in [0.25, 0.3) is 5.91 Å². The monoisotopic (exact) mass is 490 g/mol. The van der Waals surface area contributed by atoms with Crippen LogP contribution in [0.3, 0.4) is 0 Å². The van der Waals surface area contributed by atoms with Crippen molar-refractivity contribution < 1.29 is 23.5 Å². The molecule has 35 heavy (non-hydrogen) atoms. The number of carbonyl (C=O) groups is 2. The molecule has 1 aliphatic rings. The lowest BCUT2D eigenvalue weighted by molar-refractivity contribution is -0.118. The molecule has 1 amide bonds. The molecule has 1 unspecified atom stereocenters. The van der Waals surface area contributed by atoms with Crippen LogP contribution in [0.15, 0.2) is 78.1 Å². The quantitative estimate of drug-likeness (QED) is 0.361. The van der Waals surface area contributed by atoms with Crippen molar-refractivity contribution in [3.8, 4) is 0 Å². The van der Waals surface area contributed by atoms with Crippen LogP contribution in [0.25, 0.3) is 10.2 Å². The van der Waals surface area contributed by atoms with Gasteiger partial charge in [0, 0.05) is 12.5 Å². The van der Waals surface area contributed by atoms with Gasteiger partial charge >= 0.3 is 0 Å². The van der Waals surface area contributed by atoms with Crippen LogP contribution in [0.2, 0.25) is 0 Å². The van der Waals surface area contributed by atoms with Crippen molar-refractivity contribution >= 4 is 38.4 Å². The highest BCUT2D eigenvalue weighted by atomic mass is 32.1. The number of fused-ring (bicyclic) bond motifs is 1. The average molecular weight is 491 g/mol. The van der Waals surface area contributed by atoms with Gasteiger partial charge in [-0.3, -0.25) is 14.5 Å². The van der Waals surface area contributed by atoms with Crippen molar-refractivity contribution in [3.05, 3.63) is 106 Å². The number of aliphatic hydroxyl groups excluding tert-OH is 1. The van der Waals surface area contributed by atoms with Crippen molar-refractivity contribution in [1.29, 1.82) is 0 Å². The number of nitrogens with zero attached hydrogens (tertiary/aromatic N) is 2. The van der Waals surface area contributed by atoms with E-state index in [1.54, 1.807) is 12.1 Å². The molecule has 0 saturated carbocycles. The molecule has 8 heteroatoms. The predicted molar refractivity (Wildman–Crippen MR) is 130 cm³/mol. The molecule has 176 valence electrons. The predicted octanol–water partition coefficient (Wildman–Crippen LogP) is 5.98. The number of aryl methyl sites for hydroxylation is 2. The first kappa shape index (κ1) is 22.9. The Balaban J connectivity index is 1.57. The average Bonchev–Trinajstić information content (AvgIpc) is 3.36. The standard InChI is InChI=1S/C27H20F2N2O3S/c1-15-6-5-9-17(12-15)24-23(21(32)11-10-16-7-3-2-4-8-16)25(33)26(34)31(24)27-30-20-13-18(28)19(29)14-22(20)35-27/h2-9,12-14,24,33H,10-11H2,1H3. The lowest BCUT2D eigenvalue weighted by atomic mass is 9.92. The Morgan fingerprint density at radius 3 is 2.54 bits per heavy atom. The van der Waals surface area contributed by atoms with E-state index < -0.39 is 29.3 Å². The van der Waals surface area contributed by atoms with Gasteiger partial charge in [0.05, 0.1) is 21.8 Å². The number of rotatable bonds is 6. The summed E-state index contributed by atoms with van der Waals surface area (Å²) in [6.45, 7) is 1.88. The van der Waals surface area contributed by atoms with Crippen LogP contribution in [0.4, 0.5) is 13.9 Å². The number of aromatic nitrogens is 1. The van der Waals surface area contributed by atoms with Crippen molar-refractivity contribution in [2.45, 2.75) is 25.8 Å². The molecule has 1 N–H and O–H groups in total. The second-order valence-electron chi connectivity index (χ2n) is 8.39. The maximum absolute atomic E-state index is 13.8. The van der Waals surface area contributed by atoms with Crippen LogP contribution in [0.5, 0.6) is 0 Å². The Morgan fingerprint density at radius 2 is 1.80 bits per heavy atom. The Morgan fingerprint density at radius 1 is 1.06 bits per heavy atom. The second-order valence-corrected chi connectivity index (χ2v) is 9.40. The molecule has 3 aromatic carbocycles. The number of benzene rings is 3. The fourth-order valence-corrected chi connectivity index (χ4v) is 5.29. The van der Waals surface area contributed by atoms with Gasteiger partial charge in [-0.25, -0.2) is 13.8 Å². The Hall–Kier alpha value is -3.91. The number of amides is 1. The minimum Gasteiger partial charge on any atom is -0.503 e. The number of carbonyl (C=O) groups excluding carboxylic acids is 2. The third kappa shape index (κ3) is 4.21. The van der Waals surface area contributed by atoms with Gasteiger partial charge in [0.2, 0.25) is 0 Å². The Bertz CT molecular complexity index is 1460. The molecule has 5 rings (SSSR count). The molecular formula is C27H20F2N2O3S. The number of halogens is 2. The number of anilines is 1. The van der Waals surface area contributed by atoms with Crippen LogP contribution in [0.1, 0.15) is 29.2 Å². The first-order chi connectivity index (χ1) is 16.8. The van der Waals surface area contributed by atoms with Crippen LogP contribution >= 0.6 is 11.3 Å². The number of aliphatic hydroxyl groups is 1. The van der Waals surface area contributed by atoms with Gasteiger partial charge < -0.3 is 5.11 Å². The molecule has 1 aromatic heterocycles.